The fraction of sp³-hybridized carbons (Fsp3) is 0.478. The molecule has 0 radical (unpaired) electrons. The number of unbranched alkanes of at least 4 members (excludes halogenated alkanes) is 1. The minimum atomic E-state index is -0.570. The number of ketones is 1. The lowest BCUT2D eigenvalue weighted by molar-refractivity contribution is -0.139. The number of dihydropyridines is 1. The molecule has 0 spiro atoms. The number of phenols is 1. The van der Waals surface area contributed by atoms with E-state index in [4.69, 9.17) is 9.47 Å². The van der Waals surface area contributed by atoms with Crippen molar-refractivity contribution in [2.24, 2.45) is 0 Å². The highest BCUT2D eigenvalue weighted by Gasteiger charge is 2.39. The third kappa shape index (κ3) is 4.41. The predicted molar refractivity (Wildman–Crippen MR) is 117 cm³/mol. The molecule has 1 aromatic rings. The first-order valence-electron chi connectivity index (χ1n) is 10.4. The number of nitrogens with one attached hydrogen (secondary N) is 1. The van der Waals surface area contributed by atoms with E-state index < -0.39 is 11.9 Å². The van der Waals surface area contributed by atoms with E-state index in [1.165, 1.54) is 0 Å². The van der Waals surface area contributed by atoms with Gasteiger partial charge in [-0.25, -0.2) is 4.79 Å². The number of allylic oxidation sites excluding steroid dienone is 3. The topological polar surface area (TPSA) is 84.9 Å². The van der Waals surface area contributed by atoms with Gasteiger partial charge in [-0.05, 0) is 66.7 Å². The van der Waals surface area contributed by atoms with Crippen LogP contribution in [0.2, 0.25) is 0 Å². The maximum absolute atomic E-state index is 13.1. The molecule has 2 N–H and O–H groups in total. The first kappa shape index (κ1) is 22.4. The van der Waals surface area contributed by atoms with Crippen molar-refractivity contribution in [3.63, 3.8) is 0 Å². The molecule has 1 atom stereocenters. The molecule has 0 aromatic heterocycles. The third-order valence-corrected chi connectivity index (χ3v) is 6.02. The molecule has 2 aliphatic rings. The van der Waals surface area contributed by atoms with E-state index in [-0.39, 0.29) is 11.5 Å². The number of carbonyl (C=O) groups excluding carboxylic acids is 2. The molecule has 1 aromatic carbocycles. The maximum Gasteiger partial charge on any atom is 0.336 e. The van der Waals surface area contributed by atoms with Crippen LogP contribution in [0.1, 0.15) is 64.4 Å². The molecule has 30 heavy (non-hydrogen) atoms. The van der Waals surface area contributed by atoms with Gasteiger partial charge in [-0.1, -0.05) is 13.3 Å². The highest BCUT2D eigenvalue weighted by Crippen LogP contribution is 2.46. The number of Topliss-reactive ketones (excluding diaryl/α,β-unsaturated/α-hetero) is 1. The normalized spacial score (nSPS) is 18.8. The summed E-state index contributed by atoms with van der Waals surface area (Å²) in [6.07, 6.45) is 3.69. The van der Waals surface area contributed by atoms with E-state index in [9.17, 15) is 14.7 Å². The number of rotatable bonds is 7. The minimum absolute atomic E-state index is 0.00789. The highest BCUT2D eigenvalue weighted by atomic mass is 79.9. The Labute approximate surface area is 185 Å². The second-order valence-electron chi connectivity index (χ2n) is 7.54. The summed E-state index contributed by atoms with van der Waals surface area (Å²) < 4.78 is 11.6. The van der Waals surface area contributed by atoms with E-state index in [0.717, 1.165) is 31.4 Å². The highest BCUT2D eigenvalue weighted by molar-refractivity contribution is 9.10. The molecule has 3 rings (SSSR count). The number of ether oxygens (including phenoxy) is 2. The average molecular weight is 478 g/mol. The lowest BCUT2D eigenvalue weighted by Gasteiger charge is -2.34. The molecule has 1 aliphatic heterocycles. The van der Waals surface area contributed by atoms with Gasteiger partial charge in [0.2, 0.25) is 0 Å². The quantitative estimate of drug-likeness (QED) is 0.430. The molecule has 162 valence electrons. The third-order valence-electron chi connectivity index (χ3n) is 5.41. The molecule has 0 bridgehead atoms. The largest absolute Gasteiger partial charge is 0.503 e. The van der Waals surface area contributed by atoms with Crippen molar-refractivity contribution < 1.29 is 24.2 Å². The molecular weight excluding hydrogens is 450 g/mol. The van der Waals surface area contributed by atoms with Crippen molar-refractivity contribution in [1.29, 1.82) is 0 Å². The fourth-order valence-corrected chi connectivity index (χ4v) is 4.46. The van der Waals surface area contributed by atoms with Crippen LogP contribution in [0.5, 0.6) is 11.5 Å². The van der Waals surface area contributed by atoms with Gasteiger partial charge < -0.3 is 19.9 Å². The number of hydrogen-bond donors (Lipinski definition) is 2. The zero-order valence-electron chi connectivity index (χ0n) is 17.6. The van der Waals surface area contributed by atoms with Gasteiger partial charge in [-0.2, -0.15) is 0 Å². The summed E-state index contributed by atoms with van der Waals surface area (Å²) in [5, 5.41) is 13.6. The number of halogens is 1. The summed E-state index contributed by atoms with van der Waals surface area (Å²) >= 11 is 3.38. The van der Waals surface area contributed by atoms with Crippen LogP contribution in [-0.4, -0.2) is 30.1 Å². The number of aromatic hydroxyl groups is 1. The van der Waals surface area contributed by atoms with Crippen molar-refractivity contribution in [3.05, 3.63) is 44.7 Å². The van der Waals surface area contributed by atoms with E-state index in [2.05, 4.69) is 21.2 Å². The van der Waals surface area contributed by atoms with Crippen LogP contribution in [0.4, 0.5) is 0 Å². The maximum atomic E-state index is 13.1. The van der Waals surface area contributed by atoms with Gasteiger partial charge in [0.1, 0.15) is 0 Å². The Bertz CT molecular complexity index is 918. The SMILES string of the molecule is CCCCOC(=O)C1=C(C)NC2=C(C(=O)CCC2)[C@H]1c1cc(Br)c(O)c(OCC)c1. The van der Waals surface area contributed by atoms with Crippen LogP contribution in [-0.2, 0) is 14.3 Å². The van der Waals surface area contributed by atoms with Crippen LogP contribution in [0.25, 0.3) is 0 Å². The Kier molecular flexibility index (Phi) is 7.23. The number of esters is 1. The molecule has 1 aliphatic carbocycles. The smallest absolute Gasteiger partial charge is 0.336 e. The molecule has 7 heteroatoms. The standard InChI is InChI=1S/C23H28BrNO5/c1-4-6-10-30-23(28)19-13(3)25-16-8-7-9-17(26)21(16)20(19)14-11-15(24)22(27)18(12-14)29-5-2/h11-12,20,25,27H,4-10H2,1-3H3/t20-/m0/s1. The lowest BCUT2D eigenvalue weighted by Crippen LogP contribution is -2.34. The molecule has 6 nitrogen and oxygen atoms in total. The number of carbonyl (C=O) groups is 2. The number of phenolic OH excluding ortho intramolecular Hbond substituents is 1. The van der Waals surface area contributed by atoms with Crippen molar-refractivity contribution in [2.45, 2.75) is 58.8 Å². The summed E-state index contributed by atoms with van der Waals surface area (Å²) in [5.41, 5.74) is 3.29. The predicted octanol–water partition coefficient (Wildman–Crippen LogP) is 4.86. The van der Waals surface area contributed by atoms with E-state index >= 15 is 0 Å². The summed E-state index contributed by atoms with van der Waals surface area (Å²) in [6, 6.07) is 3.45. The molecule has 0 unspecified atom stereocenters. The van der Waals surface area contributed by atoms with Crippen molar-refractivity contribution in [1.82, 2.24) is 5.32 Å². The van der Waals surface area contributed by atoms with Crippen LogP contribution in [0.15, 0.2) is 39.1 Å². The van der Waals surface area contributed by atoms with Gasteiger partial charge in [0, 0.05) is 29.3 Å². The summed E-state index contributed by atoms with van der Waals surface area (Å²) in [6.45, 7) is 6.41. The van der Waals surface area contributed by atoms with Crippen LogP contribution in [0, 0.1) is 0 Å². The minimum Gasteiger partial charge on any atom is -0.503 e. The van der Waals surface area contributed by atoms with Gasteiger partial charge >= 0.3 is 5.97 Å². The Morgan fingerprint density at radius 3 is 2.77 bits per heavy atom. The number of benzene rings is 1. The van der Waals surface area contributed by atoms with Crippen molar-refractivity contribution in [3.8, 4) is 11.5 Å². The molecule has 0 fully saturated rings. The lowest BCUT2D eigenvalue weighted by atomic mass is 9.75. The van der Waals surface area contributed by atoms with E-state index in [1.54, 1.807) is 12.1 Å². The van der Waals surface area contributed by atoms with Gasteiger partial charge in [-0.15, -0.1) is 0 Å². The van der Waals surface area contributed by atoms with Crippen molar-refractivity contribution >= 4 is 27.7 Å². The monoisotopic (exact) mass is 477 g/mol. The first-order chi connectivity index (χ1) is 14.4. The summed E-state index contributed by atoms with van der Waals surface area (Å²) in [7, 11) is 0. The second kappa shape index (κ2) is 9.69. The number of hydrogen-bond acceptors (Lipinski definition) is 6. The molecule has 0 amide bonds. The zero-order chi connectivity index (χ0) is 21.8. The fourth-order valence-electron chi connectivity index (χ4n) is 4.00. The molecule has 0 saturated carbocycles. The summed E-state index contributed by atoms with van der Waals surface area (Å²) in [4.78, 5) is 26.0. The summed E-state index contributed by atoms with van der Waals surface area (Å²) in [5.74, 6) is -0.666. The van der Waals surface area contributed by atoms with Gasteiger partial charge in [0.15, 0.2) is 17.3 Å². The Balaban J connectivity index is 2.13. The van der Waals surface area contributed by atoms with Crippen LogP contribution in [0.3, 0.4) is 0 Å². The van der Waals surface area contributed by atoms with Gasteiger partial charge in [-0.3, -0.25) is 4.79 Å². The molecule has 1 heterocycles. The Hall–Kier alpha value is -2.28. The van der Waals surface area contributed by atoms with E-state index in [0.29, 0.717) is 52.3 Å². The van der Waals surface area contributed by atoms with Gasteiger partial charge in [0.05, 0.1) is 23.3 Å². The van der Waals surface area contributed by atoms with Gasteiger partial charge in [0.25, 0.3) is 0 Å². The Morgan fingerprint density at radius 1 is 1.30 bits per heavy atom. The second-order valence-corrected chi connectivity index (χ2v) is 8.39. The molecule has 0 saturated heterocycles. The van der Waals surface area contributed by atoms with Crippen molar-refractivity contribution in [2.75, 3.05) is 13.2 Å². The van der Waals surface area contributed by atoms with E-state index in [1.807, 2.05) is 20.8 Å². The first-order valence-corrected chi connectivity index (χ1v) is 11.2. The Morgan fingerprint density at radius 2 is 2.07 bits per heavy atom. The van der Waals surface area contributed by atoms with Crippen LogP contribution >= 0.6 is 15.9 Å². The molecular formula is C23H28BrNO5. The zero-order valence-corrected chi connectivity index (χ0v) is 19.2. The average Bonchev–Trinajstić information content (AvgIpc) is 2.70. The van der Waals surface area contributed by atoms with Crippen LogP contribution < -0.4 is 10.1 Å².